The molecule has 0 aliphatic heterocycles. The summed E-state index contributed by atoms with van der Waals surface area (Å²) in [5.41, 5.74) is 5.60. The number of thioether (sulfide) groups is 1. The van der Waals surface area contributed by atoms with Gasteiger partial charge in [0.1, 0.15) is 6.04 Å². The van der Waals surface area contributed by atoms with Crippen molar-refractivity contribution in [2.24, 2.45) is 5.73 Å². The molecule has 0 saturated heterocycles. The second kappa shape index (κ2) is 14.1. The van der Waals surface area contributed by atoms with Crippen molar-refractivity contribution in [2.45, 2.75) is 12.5 Å². The standard InChI is InChI=1S/C12H25NO5S/c1-15-4-5-17-6-7-18-8-10-19-9-3-11(13)12(14)16-2/h11H,3-10,13H2,1-2H3. The maximum absolute atomic E-state index is 11.0. The van der Waals surface area contributed by atoms with Gasteiger partial charge in [-0.1, -0.05) is 0 Å². The van der Waals surface area contributed by atoms with Crippen LogP contribution < -0.4 is 5.73 Å². The van der Waals surface area contributed by atoms with Crippen LogP contribution in [0.1, 0.15) is 6.42 Å². The number of rotatable bonds is 13. The first-order valence-electron chi connectivity index (χ1n) is 6.28. The maximum Gasteiger partial charge on any atom is 0.322 e. The molecule has 0 aliphatic rings. The van der Waals surface area contributed by atoms with Gasteiger partial charge in [-0.15, -0.1) is 0 Å². The van der Waals surface area contributed by atoms with Crippen molar-refractivity contribution in [1.82, 2.24) is 0 Å². The zero-order chi connectivity index (χ0) is 14.3. The number of hydrogen-bond acceptors (Lipinski definition) is 7. The lowest BCUT2D eigenvalue weighted by Gasteiger charge is -2.08. The average Bonchev–Trinajstić information content (AvgIpc) is 2.43. The van der Waals surface area contributed by atoms with E-state index in [-0.39, 0.29) is 5.97 Å². The summed E-state index contributed by atoms with van der Waals surface area (Å²) < 4.78 is 20.0. The minimum Gasteiger partial charge on any atom is -0.468 e. The third kappa shape index (κ3) is 12.4. The highest BCUT2D eigenvalue weighted by molar-refractivity contribution is 7.99. The predicted molar refractivity (Wildman–Crippen MR) is 75.4 cm³/mol. The average molecular weight is 295 g/mol. The third-order valence-electron chi connectivity index (χ3n) is 2.25. The zero-order valence-electron chi connectivity index (χ0n) is 11.8. The van der Waals surface area contributed by atoms with Gasteiger partial charge in [-0.2, -0.15) is 11.8 Å². The Morgan fingerprint density at radius 1 is 1.05 bits per heavy atom. The van der Waals surface area contributed by atoms with Gasteiger partial charge in [-0.25, -0.2) is 0 Å². The number of methoxy groups -OCH3 is 2. The fourth-order valence-corrected chi connectivity index (χ4v) is 2.02. The van der Waals surface area contributed by atoms with Crippen LogP contribution >= 0.6 is 11.8 Å². The van der Waals surface area contributed by atoms with Crippen LogP contribution in [-0.2, 0) is 23.7 Å². The van der Waals surface area contributed by atoms with Crippen LogP contribution in [0.2, 0.25) is 0 Å². The first kappa shape index (κ1) is 18.7. The molecular formula is C12H25NO5S. The van der Waals surface area contributed by atoms with E-state index in [9.17, 15) is 4.79 Å². The molecule has 0 aromatic carbocycles. The largest absolute Gasteiger partial charge is 0.468 e. The van der Waals surface area contributed by atoms with Crippen LogP contribution in [-0.4, -0.2) is 70.8 Å². The topological polar surface area (TPSA) is 80.0 Å². The van der Waals surface area contributed by atoms with Crippen molar-refractivity contribution in [3.05, 3.63) is 0 Å². The highest BCUT2D eigenvalue weighted by Crippen LogP contribution is 2.04. The molecule has 0 rings (SSSR count). The molecule has 1 atom stereocenters. The van der Waals surface area contributed by atoms with Gasteiger partial charge in [0.15, 0.2) is 0 Å². The Labute approximate surface area is 119 Å². The van der Waals surface area contributed by atoms with Crippen molar-refractivity contribution in [1.29, 1.82) is 0 Å². The molecule has 0 aliphatic carbocycles. The van der Waals surface area contributed by atoms with E-state index in [2.05, 4.69) is 4.74 Å². The van der Waals surface area contributed by atoms with E-state index >= 15 is 0 Å². The van der Waals surface area contributed by atoms with Crippen molar-refractivity contribution in [3.63, 3.8) is 0 Å². The lowest BCUT2D eigenvalue weighted by Crippen LogP contribution is -2.32. The molecule has 0 aromatic heterocycles. The lowest BCUT2D eigenvalue weighted by atomic mass is 10.2. The van der Waals surface area contributed by atoms with Crippen LogP contribution in [0.3, 0.4) is 0 Å². The van der Waals surface area contributed by atoms with Gasteiger partial charge in [0, 0.05) is 12.9 Å². The molecule has 7 heteroatoms. The molecule has 1 unspecified atom stereocenters. The molecule has 114 valence electrons. The van der Waals surface area contributed by atoms with Gasteiger partial charge in [0.2, 0.25) is 0 Å². The molecule has 0 heterocycles. The number of carbonyl (C=O) groups excluding carboxylic acids is 1. The maximum atomic E-state index is 11.0. The van der Waals surface area contributed by atoms with Crippen LogP contribution in [0.5, 0.6) is 0 Å². The van der Waals surface area contributed by atoms with E-state index < -0.39 is 6.04 Å². The predicted octanol–water partition coefficient (Wildman–Crippen LogP) is 0.290. The van der Waals surface area contributed by atoms with E-state index in [0.717, 1.165) is 11.5 Å². The van der Waals surface area contributed by atoms with Gasteiger partial charge < -0.3 is 24.7 Å². The Kier molecular flexibility index (Phi) is 13.8. The van der Waals surface area contributed by atoms with Crippen LogP contribution in [0.15, 0.2) is 0 Å². The summed E-state index contributed by atoms with van der Waals surface area (Å²) in [5.74, 6) is 1.35. The molecule has 0 spiro atoms. The van der Waals surface area contributed by atoms with Crippen molar-refractivity contribution in [2.75, 3.05) is 58.8 Å². The summed E-state index contributed by atoms with van der Waals surface area (Å²) in [6.07, 6.45) is 0.622. The van der Waals surface area contributed by atoms with Crippen molar-refractivity contribution >= 4 is 17.7 Å². The first-order valence-corrected chi connectivity index (χ1v) is 7.43. The Bertz CT molecular complexity index is 218. The van der Waals surface area contributed by atoms with Gasteiger partial charge >= 0.3 is 5.97 Å². The highest BCUT2D eigenvalue weighted by atomic mass is 32.2. The quantitative estimate of drug-likeness (QED) is 0.386. The van der Waals surface area contributed by atoms with Crippen molar-refractivity contribution in [3.8, 4) is 0 Å². The fraction of sp³-hybridized carbons (Fsp3) is 0.917. The van der Waals surface area contributed by atoms with E-state index in [1.807, 2.05) is 0 Å². The molecule has 0 aromatic rings. The molecule has 2 N–H and O–H groups in total. The normalized spacial score (nSPS) is 12.4. The second-order valence-corrected chi connectivity index (χ2v) is 4.97. The minimum atomic E-state index is -0.521. The lowest BCUT2D eigenvalue weighted by molar-refractivity contribution is -0.142. The number of esters is 1. The Morgan fingerprint density at radius 2 is 1.68 bits per heavy atom. The van der Waals surface area contributed by atoms with Gasteiger partial charge in [0.25, 0.3) is 0 Å². The zero-order valence-corrected chi connectivity index (χ0v) is 12.6. The van der Waals surface area contributed by atoms with Crippen LogP contribution in [0.25, 0.3) is 0 Å². The summed E-state index contributed by atoms with van der Waals surface area (Å²) in [5, 5.41) is 0. The summed E-state index contributed by atoms with van der Waals surface area (Å²) >= 11 is 1.71. The van der Waals surface area contributed by atoms with Crippen molar-refractivity contribution < 1.29 is 23.7 Å². The van der Waals surface area contributed by atoms with E-state index in [0.29, 0.717) is 39.5 Å². The molecular weight excluding hydrogens is 270 g/mol. The Balaban J connectivity index is 3.12. The molecule has 0 bridgehead atoms. The Morgan fingerprint density at radius 3 is 2.32 bits per heavy atom. The minimum absolute atomic E-state index is 0.356. The molecule has 0 fully saturated rings. The molecule has 0 saturated carbocycles. The number of hydrogen-bond donors (Lipinski definition) is 1. The van der Waals surface area contributed by atoms with Gasteiger partial charge in [-0.05, 0) is 12.2 Å². The first-order chi connectivity index (χ1) is 9.22. The Hall–Kier alpha value is -0.340. The van der Waals surface area contributed by atoms with Crippen LogP contribution in [0.4, 0.5) is 0 Å². The number of nitrogens with two attached hydrogens (primary N) is 1. The molecule has 6 nitrogen and oxygen atoms in total. The van der Waals surface area contributed by atoms with E-state index in [1.165, 1.54) is 7.11 Å². The molecule has 0 radical (unpaired) electrons. The second-order valence-electron chi connectivity index (χ2n) is 3.75. The molecule has 0 amide bonds. The molecule has 19 heavy (non-hydrogen) atoms. The summed E-state index contributed by atoms with van der Waals surface area (Å²) in [7, 11) is 2.99. The van der Waals surface area contributed by atoms with Gasteiger partial charge in [-0.3, -0.25) is 4.79 Å². The monoisotopic (exact) mass is 295 g/mol. The highest BCUT2D eigenvalue weighted by Gasteiger charge is 2.12. The summed E-state index contributed by atoms with van der Waals surface area (Å²) in [4.78, 5) is 11.0. The smallest absolute Gasteiger partial charge is 0.322 e. The van der Waals surface area contributed by atoms with E-state index in [4.69, 9.17) is 19.9 Å². The number of ether oxygens (including phenoxy) is 4. The van der Waals surface area contributed by atoms with E-state index in [1.54, 1.807) is 18.9 Å². The van der Waals surface area contributed by atoms with Crippen LogP contribution in [0, 0.1) is 0 Å². The third-order valence-corrected chi connectivity index (χ3v) is 3.23. The van der Waals surface area contributed by atoms with Gasteiger partial charge in [0.05, 0.1) is 40.1 Å². The summed E-state index contributed by atoms with van der Waals surface area (Å²) in [6, 6.07) is -0.521. The summed E-state index contributed by atoms with van der Waals surface area (Å²) in [6.45, 7) is 3.05. The fourth-order valence-electron chi connectivity index (χ4n) is 1.16. The SMILES string of the molecule is COCCOCCOCCSCCC(N)C(=O)OC. The number of carbonyl (C=O) groups is 1.